The van der Waals surface area contributed by atoms with Gasteiger partial charge in [0.1, 0.15) is 0 Å². The van der Waals surface area contributed by atoms with E-state index in [4.69, 9.17) is 0 Å². The van der Waals surface area contributed by atoms with Crippen molar-refractivity contribution in [1.82, 2.24) is 4.90 Å². The van der Waals surface area contributed by atoms with Crippen molar-refractivity contribution in [1.29, 1.82) is 0 Å². The van der Waals surface area contributed by atoms with Gasteiger partial charge in [0.25, 0.3) is 0 Å². The normalized spacial score (nSPS) is 16.4. The van der Waals surface area contributed by atoms with Crippen LogP contribution in [0.4, 0.5) is 0 Å². The Bertz CT molecular complexity index is 511. The molecule has 2 radical (unpaired) electrons. The second-order valence-electron chi connectivity index (χ2n) is 5.93. The largest absolute Gasteiger partial charge is 0.364 e. The van der Waals surface area contributed by atoms with Crippen LogP contribution in [0, 0.1) is 17.9 Å². The minimum Gasteiger partial charge on any atom is -0.364 e. The van der Waals surface area contributed by atoms with Crippen molar-refractivity contribution in [2.24, 2.45) is 9.98 Å². The molecule has 0 spiro atoms. The topological polar surface area (TPSA) is 28.0 Å². The monoisotopic (exact) mass is 818 g/mol. The van der Waals surface area contributed by atoms with Gasteiger partial charge in [0.05, 0.1) is 0 Å². The zero-order chi connectivity index (χ0) is 15.9. The number of nitrogens with zero attached hydrogens (tertiary/aromatic N) is 3. The standard InChI is InChI=1S/C19H24N3.2Lr/c1-15(2)22(13-18-7-5-6-17(4)12-21-18)14-19-9-8-16(3)10-11-20-19;;/h5-9,11-12,15H,13-14H2,1-4H3;;/q-3;;. The zero-order valence-corrected chi connectivity index (χ0v) is 18.7. The van der Waals surface area contributed by atoms with Crippen molar-refractivity contribution in [2.45, 2.75) is 33.7 Å². The second kappa shape index (κ2) is 9.11. The van der Waals surface area contributed by atoms with E-state index < -0.39 is 0 Å². The van der Waals surface area contributed by atoms with Crippen molar-refractivity contribution in [3.63, 3.8) is 0 Å². The summed E-state index contributed by atoms with van der Waals surface area (Å²) >= 11 is 0. The van der Waals surface area contributed by atoms with E-state index in [1.807, 2.05) is 13.1 Å². The van der Waals surface area contributed by atoms with Gasteiger partial charge < -0.3 is 23.1 Å². The molecule has 0 aliphatic carbocycles. The third kappa shape index (κ3) is 5.78. The van der Waals surface area contributed by atoms with Crippen molar-refractivity contribution in [2.75, 3.05) is 13.1 Å². The van der Waals surface area contributed by atoms with E-state index in [1.165, 1.54) is 5.92 Å². The Morgan fingerprint density at radius 1 is 1.17 bits per heavy atom. The van der Waals surface area contributed by atoms with Gasteiger partial charge in [0.15, 0.2) is 0 Å². The molecule has 0 N–H and O–H groups in total. The van der Waals surface area contributed by atoms with Crippen molar-refractivity contribution < 1.29 is 0 Å². The molecule has 0 aromatic rings. The Morgan fingerprint density at radius 2 is 1.92 bits per heavy atom. The first-order valence-corrected chi connectivity index (χ1v) is 7.70. The van der Waals surface area contributed by atoms with Crippen LogP contribution in [-0.2, 0) is 0 Å². The molecule has 148 valence electrons. The van der Waals surface area contributed by atoms with E-state index in [2.05, 4.69) is 72.1 Å². The summed E-state index contributed by atoms with van der Waals surface area (Å²) in [5.74, 6) is 2.27. The maximum Gasteiger partial charge on any atom is 0.0397 e. The molecule has 0 saturated heterocycles. The minimum atomic E-state index is 0. The molecule has 5 heteroatoms. The smallest absolute Gasteiger partial charge is 0.0397 e. The molecule has 0 amide bonds. The van der Waals surface area contributed by atoms with E-state index >= 15 is 0 Å². The van der Waals surface area contributed by atoms with Crippen molar-refractivity contribution >= 4 is 11.9 Å². The van der Waals surface area contributed by atoms with E-state index in [0.717, 1.165) is 30.4 Å². The molecule has 0 unspecified atom stereocenters. The fourth-order valence-electron chi connectivity index (χ4n) is 2.14. The molecule has 3 nitrogen and oxygen atoms in total. The number of hydrogen-bond donors (Lipinski definition) is 0. The number of allylic oxidation sites excluding steroid dienone is 5. The first-order chi connectivity index (χ1) is 10.5. The maximum absolute atomic E-state index is 4.56. The summed E-state index contributed by atoms with van der Waals surface area (Å²) in [6, 6.07) is 0.422. The van der Waals surface area contributed by atoms with Gasteiger partial charge in [-0.25, -0.2) is 18.2 Å². The SMILES string of the molecule is C[C-]1[C-]=CN=C(CN(CC2=CC=C[C-](C)C=N2)C(C)C)C=C1.[Lr].[Lr]. The average Bonchev–Trinajstić information content (AvgIpc) is 2.79. The third-order valence-corrected chi connectivity index (χ3v) is 3.59. The Labute approximate surface area is 134 Å². The predicted molar refractivity (Wildman–Crippen MR) is 94.6 cm³/mol. The van der Waals surface area contributed by atoms with Crippen LogP contribution in [0.15, 0.2) is 52.3 Å². The molecule has 0 aromatic carbocycles. The summed E-state index contributed by atoms with van der Waals surface area (Å²) in [5.41, 5.74) is 2.12. The second-order valence-corrected chi connectivity index (χ2v) is 5.93. The molecule has 0 atom stereocenters. The van der Waals surface area contributed by atoms with Gasteiger partial charge in [0.2, 0.25) is 0 Å². The third-order valence-electron chi connectivity index (χ3n) is 3.59. The predicted octanol–water partition coefficient (Wildman–Crippen LogP) is 3.74. The summed E-state index contributed by atoms with van der Waals surface area (Å²) in [6.07, 6.45) is 17.2. The summed E-state index contributed by atoms with van der Waals surface area (Å²) in [5, 5.41) is 0. The Kier molecular flexibility index (Phi) is 7.59. The fraction of sp³-hybridized carbons (Fsp3) is 0.368. The van der Waals surface area contributed by atoms with Gasteiger partial charge in [-0.15, -0.1) is 19.9 Å². The van der Waals surface area contributed by atoms with Gasteiger partial charge >= 0.3 is 0 Å². The van der Waals surface area contributed by atoms with E-state index in [1.54, 1.807) is 6.20 Å². The molecule has 0 saturated carbocycles. The molecular formula is C19H24Lr2N3-3. The zero-order valence-electron chi connectivity index (χ0n) is 14.4. The average molecular weight is 818 g/mol. The molecule has 0 aromatic heterocycles. The van der Waals surface area contributed by atoms with Gasteiger partial charge in [-0.05, 0) is 19.6 Å². The fourth-order valence-corrected chi connectivity index (χ4v) is 2.14. The maximum atomic E-state index is 4.56. The molecule has 2 rings (SSSR count). The Hall–Kier alpha value is -4.00. The van der Waals surface area contributed by atoms with Crippen LogP contribution in [0.5, 0.6) is 0 Å². The Morgan fingerprint density at radius 3 is 2.62 bits per heavy atom. The van der Waals surface area contributed by atoms with Crippen LogP contribution in [0.2, 0.25) is 0 Å². The van der Waals surface area contributed by atoms with Gasteiger partial charge in [-0.3, -0.25) is 9.89 Å². The minimum absolute atomic E-state index is 0. The van der Waals surface area contributed by atoms with Gasteiger partial charge in [0, 0.05) is 24.8 Å². The van der Waals surface area contributed by atoms with E-state index in [9.17, 15) is 0 Å². The van der Waals surface area contributed by atoms with Gasteiger partial charge in [-0.1, -0.05) is 6.21 Å². The molecule has 0 fully saturated rings. The Balaban J connectivity index is 0.00000264. The van der Waals surface area contributed by atoms with Crippen molar-refractivity contribution in [3.05, 3.63) is 60.2 Å². The number of aliphatic imine (C=N–C) groups is 2. The molecule has 2 aliphatic heterocycles. The first-order valence-electron chi connectivity index (χ1n) is 7.70. The van der Waals surface area contributed by atoms with Crippen LogP contribution < -0.4 is 0 Å². The summed E-state index contributed by atoms with van der Waals surface area (Å²) in [7, 11) is 0. The quantitative estimate of drug-likeness (QED) is 0.390. The van der Waals surface area contributed by atoms with E-state index in [-0.39, 0.29) is 0 Å². The molecule has 2 heterocycles. The molecular weight excluding hydrogens is 794 g/mol. The summed E-state index contributed by atoms with van der Waals surface area (Å²) < 4.78 is 0. The van der Waals surface area contributed by atoms with Crippen molar-refractivity contribution in [3.8, 4) is 0 Å². The molecule has 0 bridgehead atoms. The van der Waals surface area contributed by atoms with Crippen LogP contribution in [0.1, 0.15) is 27.7 Å². The molecule has 2 aliphatic rings. The van der Waals surface area contributed by atoms with Gasteiger partial charge in [-0.2, -0.15) is 12.1 Å². The summed E-state index contributed by atoms with van der Waals surface area (Å²) in [4.78, 5) is 11.4. The first kappa shape index (κ1) is 20.0. The summed E-state index contributed by atoms with van der Waals surface area (Å²) in [6.45, 7) is 10.1. The van der Waals surface area contributed by atoms with Crippen LogP contribution >= 0.6 is 0 Å². The molecule has 24 heavy (non-hydrogen) atoms. The number of rotatable bonds is 5. The van der Waals surface area contributed by atoms with Crippen LogP contribution in [0.25, 0.3) is 0 Å². The number of hydrogen-bond acceptors (Lipinski definition) is 3. The van der Waals surface area contributed by atoms with Crippen LogP contribution in [0.3, 0.4) is 0 Å². The van der Waals surface area contributed by atoms with E-state index in [0.29, 0.717) is 6.04 Å². The van der Waals surface area contributed by atoms with Crippen LogP contribution in [-0.4, -0.2) is 36.0 Å².